The first-order valence-electron chi connectivity index (χ1n) is 8.70. The van der Waals surface area contributed by atoms with Gasteiger partial charge in [0.25, 0.3) is 0 Å². The van der Waals surface area contributed by atoms with Crippen LogP contribution in [0.15, 0.2) is 36.5 Å². The molecule has 0 spiro atoms. The molecule has 2 aromatic rings. The van der Waals surface area contributed by atoms with Crippen LogP contribution in [0.2, 0.25) is 10.0 Å². The highest BCUT2D eigenvalue weighted by Crippen LogP contribution is 2.26. The SMILES string of the molecule is CN(Cc1ccccc1F)C(=O)CN1CCN(c2ncc(Cl)cc2Cl)CC1. The molecule has 5 nitrogen and oxygen atoms in total. The normalized spacial score (nSPS) is 15.0. The van der Waals surface area contributed by atoms with E-state index < -0.39 is 0 Å². The maximum atomic E-state index is 13.8. The molecule has 1 aromatic carbocycles. The van der Waals surface area contributed by atoms with E-state index in [0.29, 0.717) is 28.0 Å². The molecule has 0 unspecified atom stereocenters. The number of hydrogen-bond acceptors (Lipinski definition) is 4. The number of benzene rings is 1. The zero-order valence-electron chi connectivity index (χ0n) is 15.0. The van der Waals surface area contributed by atoms with Gasteiger partial charge < -0.3 is 9.80 Å². The third kappa shape index (κ3) is 5.09. The van der Waals surface area contributed by atoms with Crippen molar-refractivity contribution in [2.75, 3.05) is 44.7 Å². The summed E-state index contributed by atoms with van der Waals surface area (Å²) in [6.07, 6.45) is 1.58. The molecule has 0 N–H and O–H groups in total. The third-order valence-electron chi connectivity index (χ3n) is 4.61. The van der Waals surface area contributed by atoms with E-state index in [9.17, 15) is 9.18 Å². The summed E-state index contributed by atoms with van der Waals surface area (Å²) in [5.41, 5.74) is 0.515. The van der Waals surface area contributed by atoms with E-state index in [2.05, 4.69) is 14.8 Å². The van der Waals surface area contributed by atoms with Crippen LogP contribution in [0.1, 0.15) is 5.56 Å². The van der Waals surface area contributed by atoms with Crippen molar-refractivity contribution in [1.82, 2.24) is 14.8 Å². The van der Waals surface area contributed by atoms with E-state index in [1.54, 1.807) is 42.4 Å². The number of anilines is 1. The van der Waals surface area contributed by atoms with Crippen molar-refractivity contribution in [3.8, 4) is 0 Å². The number of amides is 1. The molecule has 3 rings (SSSR count). The largest absolute Gasteiger partial charge is 0.353 e. The van der Waals surface area contributed by atoms with Crippen LogP contribution in [0, 0.1) is 5.82 Å². The van der Waals surface area contributed by atoms with Crippen molar-refractivity contribution < 1.29 is 9.18 Å². The molecular formula is C19H21Cl2FN4O. The zero-order valence-corrected chi connectivity index (χ0v) is 16.5. The van der Waals surface area contributed by atoms with Crippen LogP contribution in [0.25, 0.3) is 0 Å². The summed E-state index contributed by atoms with van der Waals surface area (Å²) in [4.78, 5) is 22.5. The van der Waals surface area contributed by atoms with Gasteiger partial charge in [0.15, 0.2) is 0 Å². The molecule has 8 heteroatoms. The Labute approximate surface area is 168 Å². The van der Waals surface area contributed by atoms with Crippen LogP contribution in [-0.2, 0) is 11.3 Å². The summed E-state index contributed by atoms with van der Waals surface area (Å²) in [6, 6.07) is 8.19. The Morgan fingerprint density at radius 2 is 1.93 bits per heavy atom. The van der Waals surface area contributed by atoms with Gasteiger partial charge in [0.1, 0.15) is 11.6 Å². The lowest BCUT2D eigenvalue weighted by atomic mass is 10.2. The summed E-state index contributed by atoms with van der Waals surface area (Å²) >= 11 is 12.1. The van der Waals surface area contributed by atoms with E-state index in [-0.39, 0.29) is 18.3 Å². The average molecular weight is 411 g/mol. The van der Waals surface area contributed by atoms with Crippen LogP contribution in [0.4, 0.5) is 10.2 Å². The summed E-state index contributed by atoms with van der Waals surface area (Å²) in [5, 5.41) is 1.03. The third-order valence-corrected chi connectivity index (χ3v) is 5.10. The molecule has 1 amide bonds. The van der Waals surface area contributed by atoms with E-state index in [0.717, 1.165) is 26.2 Å². The number of piperazine rings is 1. The van der Waals surface area contributed by atoms with Gasteiger partial charge in [-0.3, -0.25) is 9.69 Å². The van der Waals surface area contributed by atoms with Crippen molar-refractivity contribution >= 4 is 34.9 Å². The standard InChI is InChI=1S/C19H21Cl2FN4O/c1-24(12-14-4-2-3-5-17(14)22)18(27)13-25-6-8-26(9-7-25)19-16(21)10-15(20)11-23-19/h2-5,10-11H,6-9,12-13H2,1H3. The molecule has 1 aromatic heterocycles. The van der Waals surface area contributed by atoms with Crippen molar-refractivity contribution in [2.24, 2.45) is 0 Å². The fourth-order valence-corrected chi connectivity index (χ4v) is 3.54. The molecule has 2 heterocycles. The Morgan fingerprint density at radius 3 is 2.59 bits per heavy atom. The Hall–Kier alpha value is -1.89. The van der Waals surface area contributed by atoms with Crippen molar-refractivity contribution in [2.45, 2.75) is 6.54 Å². The zero-order chi connectivity index (χ0) is 19.4. The summed E-state index contributed by atoms with van der Waals surface area (Å²) in [7, 11) is 1.70. The first kappa shape index (κ1) is 19.9. The van der Waals surface area contributed by atoms with Gasteiger partial charge >= 0.3 is 0 Å². The number of likely N-dealkylation sites (N-methyl/N-ethyl adjacent to an activating group) is 1. The molecule has 27 heavy (non-hydrogen) atoms. The van der Waals surface area contributed by atoms with Crippen LogP contribution in [0.3, 0.4) is 0 Å². The second kappa shape index (κ2) is 8.87. The van der Waals surface area contributed by atoms with Gasteiger partial charge in [0, 0.05) is 51.5 Å². The Morgan fingerprint density at radius 1 is 1.22 bits per heavy atom. The van der Waals surface area contributed by atoms with Crippen molar-refractivity contribution in [3.63, 3.8) is 0 Å². The number of carbonyl (C=O) groups is 1. The number of aromatic nitrogens is 1. The lowest BCUT2D eigenvalue weighted by molar-refractivity contribution is -0.131. The van der Waals surface area contributed by atoms with Gasteiger partial charge in [-0.25, -0.2) is 9.37 Å². The molecular weight excluding hydrogens is 390 g/mol. The smallest absolute Gasteiger partial charge is 0.236 e. The molecule has 0 bridgehead atoms. The minimum absolute atomic E-state index is 0.0330. The lowest BCUT2D eigenvalue weighted by Gasteiger charge is -2.36. The predicted molar refractivity (Wildman–Crippen MR) is 106 cm³/mol. The highest BCUT2D eigenvalue weighted by molar-refractivity contribution is 6.36. The molecule has 0 radical (unpaired) electrons. The highest BCUT2D eigenvalue weighted by Gasteiger charge is 2.23. The number of halogens is 3. The Bertz CT molecular complexity index is 812. The monoisotopic (exact) mass is 410 g/mol. The van der Waals surface area contributed by atoms with Crippen LogP contribution < -0.4 is 4.90 Å². The molecule has 1 fully saturated rings. The summed E-state index contributed by atoms with van der Waals surface area (Å²) in [6.45, 7) is 3.45. The molecule has 144 valence electrons. The molecule has 1 saturated heterocycles. The first-order valence-corrected chi connectivity index (χ1v) is 9.45. The molecule has 1 aliphatic rings. The van der Waals surface area contributed by atoms with Gasteiger partial charge in [-0.15, -0.1) is 0 Å². The van der Waals surface area contributed by atoms with E-state index in [4.69, 9.17) is 23.2 Å². The molecule has 0 aliphatic carbocycles. The van der Waals surface area contributed by atoms with Crippen LogP contribution in [0.5, 0.6) is 0 Å². The van der Waals surface area contributed by atoms with Gasteiger partial charge in [0.2, 0.25) is 5.91 Å². The highest BCUT2D eigenvalue weighted by atomic mass is 35.5. The minimum Gasteiger partial charge on any atom is -0.353 e. The maximum absolute atomic E-state index is 13.8. The minimum atomic E-state index is -0.293. The average Bonchev–Trinajstić information content (AvgIpc) is 2.64. The van der Waals surface area contributed by atoms with Gasteiger partial charge in [-0.05, 0) is 12.1 Å². The van der Waals surface area contributed by atoms with Crippen molar-refractivity contribution in [3.05, 3.63) is 58.0 Å². The van der Waals surface area contributed by atoms with E-state index in [1.807, 2.05) is 0 Å². The van der Waals surface area contributed by atoms with Crippen LogP contribution in [-0.4, -0.2) is 60.5 Å². The predicted octanol–water partition coefficient (Wildman–Crippen LogP) is 3.31. The molecule has 0 atom stereocenters. The van der Waals surface area contributed by atoms with Gasteiger partial charge in [0.05, 0.1) is 16.6 Å². The molecule has 0 saturated carbocycles. The lowest BCUT2D eigenvalue weighted by Crippen LogP contribution is -2.50. The summed E-state index contributed by atoms with van der Waals surface area (Å²) < 4.78 is 13.8. The van der Waals surface area contributed by atoms with Gasteiger partial charge in [-0.2, -0.15) is 0 Å². The Balaban J connectivity index is 1.51. The first-order chi connectivity index (χ1) is 12.9. The van der Waals surface area contributed by atoms with Crippen molar-refractivity contribution in [1.29, 1.82) is 0 Å². The number of carbonyl (C=O) groups excluding carboxylic acids is 1. The number of hydrogen-bond donors (Lipinski definition) is 0. The number of rotatable bonds is 5. The maximum Gasteiger partial charge on any atom is 0.236 e. The fraction of sp³-hybridized carbons (Fsp3) is 0.368. The molecule has 1 aliphatic heterocycles. The van der Waals surface area contributed by atoms with Crippen LogP contribution >= 0.6 is 23.2 Å². The Kier molecular flexibility index (Phi) is 6.52. The second-order valence-electron chi connectivity index (χ2n) is 6.56. The summed E-state index contributed by atoms with van der Waals surface area (Å²) in [5.74, 6) is 0.385. The number of nitrogens with zero attached hydrogens (tertiary/aromatic N) is 4. The fourth-order valence-electron chi connectivity index (χ4n) is 3.04. The van der Waals surface area contributed by atoms with E-state index in [1.165, 1.54) is 6.07 Å². The van der Waals surface area contributed by atoms with E-state index >= 15 is 0 Å². The second-order valence-corrected chi connectivity index (χ2v) is 7.41. The topological polar surface area (TPSA) is 39.7 Å². The van der Waals surface area contributed by atoms with Gasteiger partial charge in [-0.1, -0.05) is 41.4 Å². The quantitative estimate of drug-likeness (QED) is 0.757. The number of pyridine rings is 1.